The molecule has 2 N–H and O–H groups in total. The summed E-state index contributed by atoms with van der Waals surface area (Å²) in [5.74, 6) is 3.53. The lowest BCUT2D eigenvalue weighted by atomic mass is 9.68. The standard InChI is InChI=1S/C27H37NO2/c1-5-12-27-16-22(27)15-24(28-17-18(6-2)25(29)7-3)26(27)21-9-8-20-14-23(30-4)11-10-19(20)13-21/h6-7,10-11,14,21-22,24,26,28-29H,2-3,5,8-9,12-13,15-17H2,1,4H3/b25-18-. The van der Waals surface area contributed by atoms with Crippen LogP contribution in [0.15, 0.2) is 54.8 Å². The van der Waals surface area contributed by atoms with Crippen molar-refractivity contribution in [3.63, 3.8) is 0 Å². The van der Waals surface area contributed by atoms with Crippen LogP contribution < -0.4 is 10.1 Å². The molecule has 0 saturated heterocycles. The molecule has 1 aromatic carbocycles. The molecule has 3 heteroatoms. The number of aliphatic hydroxyl groups excluding tert-OH is 1. The summed E-state index contributed by atoms with van der Waals surface area (Å²) in [6.07, 6.45) is 12.2. The van der Waals surface area contributed by atoms with Crippen molar-refractivity contribution in [1.82, 2.24) is 5.32 Å². The average molecular weight is 408 g/mol. The molecular weight excluding hydrogens is 370 g/mol. The smallest absolute Gasteiger partial charge is 0.119 e. The molecule has 0 spiro atoms. The molecule has 2 fully saturated rings. The summed E-state index contributed by atoms with van der Waals surface area (Å²) in [6.45, 7) is 10.6. The zero-order valence-corrected chi connectivity index (χ0v) is 18.6. The molecule has 4 rings (SSSR count). The molecule has 162 valence electrons. The molecule has 0 bridgehead atoms. The van der Waals surface area contributed by atoms with E-state index in [0.29, 0.717) is 18.0 Å². The minimum Gasteiger partial charge on any atom is -0.508 e. The van der Waals surface area contributed by atoms with Gasteiger partial charge in [-0.2, -0.15) is 0 Å². The Morgan fingerprint density at radius 2 is 2.13 bits per heavy atom. The number of aliphatic hydroxyl groups is 1. The molecule has 1 aromatic rings. The van der Waals surface area contributed by atoms with Crippen LogP contribution >= 0.6 is 0 Å². The van der Waals surface area contributed by atoms with E-state index in [0.717, 1.165) is 35.5 Å². The van der Waals surface area contributed by atoms with Gasteiger partial charge in [0.15, 0.2) is 0 Å². The fourth-order valence-electron chi connectivity index (χ4n) is 6.76. The number of allylic oxidation sites excluding steroid dienone is 1. The van der Waals surface area contributed by atoms with Crippen LogP contribution in [0.3, 0.4) is 0 Å². The fourth-order valence-corrected chi connectivity index (χ4v) is 6.76. The Morgan fingerprint density at radius 1 is 1.30 bits per heavy atom. The molecule has 5 unspecified atom stereocenters. The summed E-state index contributed by atoms with van der Waals surface area (Å²) in [5, 5.41) is 13.9. The maximum atomic E-state index is 10.1. The summed E-state index contributed by atoms with van der Waals surface area (Å²) in [6, 6.07) is 7.16. The first-order valence-electron chi connectivity index (χ1n) is 11.6. The van der Waals surface area contributed by atoms with E-state index in [1.807, 2.05) is 0 Å². The van der Waals surface area contributed by atoms with E-state index >= 15 is 0 Å². The zero-order chi connectivity index (χ0) is 21.3. The van der Waals surface area contributed by atoms with Crippen LogP contribution in [0.25, 0.3) is 0 Å². The summed E-state index contributed by atoms with van der Waals surface area (Å²) >= 11 is 0. The lowest BCUT2D eigenvalue weighted by Gasteiger charge is -2.39. The molecule has 0 aromatic heterocycles. The second-order valence-electron chi connectivity index (χ2n) is 9.59. The highest BCUT2D eigenvalue weighted by Crippen LogP contribution is 2.71. The first kappa shape index (κ1) is 21.2. The Labute approximate surface area is 181 Å². The van der Waals surface area contributed by atoms with E-state index < -0.39 is 0 Å². The van der Waals surface area contributed by atoms with Crippen LogP contribution in [0.2, 0.25) is 0 Å². The van der Waals surface area contributed by atoms with Crippen molar-refractivity contribution >= 4 is 0 Å². The Kier molecular flexibility index (Phi) is 6.11. The van der Waals surface area contributed by atoms with Gasteiger partial charge in [-0.15, -0.1) is 0 Å². The van der Waals surface area contributed by atoms with E-state index in [4.69, 9.17) is 4.74 Å². The zero-order valence-electron chi connectivity index (χ0n) is 18.6. The van der Waals surface area contributed by atoms with Crippen molar-refractivity contribution in [3.8, 4) is 5.75 Å². The highest BCUT2D eigenvalue weighted by molar-refractivity contribution is 5.38. The third kappa shape index (κ3) is 3.73. The SMILES string of the molecule is C=C/C(O)=C(\C=C)CNC1CC2CC2(CCC)C1C1CCc2cc(OC)ccc2C1. The van der Waals surface area contributed by atoms with Crippen LogP contribution in [0.5, 0.6) is 5.75 Å². The molecule has 3 aliphatic carbocycles. The Morgan fingerprint density at radius 3 is 2.83 bits per heavy atom. The highest BCUT2D eigenvalue weighted by atomic mass is 16.5. The second kappa shape index (κ2) is 8.63. The van der Waals surface area contributed by atoms with Gasteiger partial charge in [0.05, 0.1) is 7.11 Å². The maximum Gasteiger partial charge on any atom is 0.119 e. The number of hydrogen-bond donors (Lipinski definition) is 2. The Balaban J connectivity index is 1.54. The largest absolute Gasteiger partial charge is 0.508 e. The first-order chi connectivity index (χ1) is 14.6. The molecule has 2 saturated carbocycles. The van der Waals surface area contributed by atoms with Gasteiger partial charge >= 0.3 is 0 Å². The molecule has 0 aliphatic heterocycles. The molecular formula is C27H37NO2. The highest BCUT2D eigenvalue weighted by Gasteiger charge is 2.66. The number of aryl methyl sites for hydroxylation is 1. The quantitative estimate of drug-likeness (QED) is 0.403. The van der Waals surface area contributed by atoms with E-state index in [2.05, 4.69) is 43.6 Å². The summed E-state index contributed by atoms with van der Waals surface area (Å²) in [5.41, 5.74) is 4.37. The lowest BCUT2D eigenvalue weighted by molar-refractivity contribution is 0.156. The van der Waals surface area contributed by atoms with Crippen molar-refractivity contribution < 1.29 is 9.84 Å². The van der Waals surface area contributed by atoms with Crippen LogP contribution in [-0.2, 0) is 12.8 Å². The van der Waals surface area contributed by atoms with Crippen LogP contribution in [0, 0.1) is 23.2 Å². The topological polar surface area (TPSA) is 41.5 Å². The number of ether oxygens (including phenoxy) is 1. The van der Waals surface area contributed by atoms with Crippen LogP contribution in [-0.4, -0.2) is 24.8 Å². The fraction of sp³-hybridized carbons (Fsp3) is 0.556. The van der Waals surface area contributed by atoms with Gasteiger partial charge in [-0.1, -0.05) is 38.6 Å². The molecule has 30 heavy (non-hydrogen) atoms. The van der Waals surface area contributed by atoms with Gasteiger partial charge in [-0.05, 0) is 91.0 Å². The van der Waals surface area contributed by atoms with Crippen LogP contribution in [0.1, 0.15) is 50.2 Å². The van der Waals surface area contributed by atoms with Crippen molar-refractivity contribution in [2.75, 3.05) is 13.7 Å². The van der Waals surface area contributed by atoms with Gasteiger partial charge in [0, 0.05) is 18.2 Å². The number of benzene rings is 1. The summed E-state index contributed by atoms with van der Waals surface area (Å²) < 4.78 is 5.44. The predicted molar refractivity (Wildman–Crippen MR) is 124 cm³/mol. The number of nitrogens with one attached hydrogen (secondary N) is 1. The van der Waals surface area contributed by atoms with Crippen LogP contribution in [0.4, 0.5) is 0 Å². The number of methoxy groups -OCH3 is 1. The molecule has 3 aliphatic rings. The number of hydrogen-bond acceptors (Lipinski definition) is 3. The second-order valence-corrected chi connectivity index (χ2v) is 9.59. The van der Waals surface area contributed by atoms with Crippen molar-refractivity contribution in [3.05, 3.63) is 66.0 Å². The normalized spacial score (nSPS) is 32.6. The van der Waals surface area contributed by atoms with E-state index in [-0.39, 0.29) is 5.76 Å². The third-order valence-corrected chi connectivity index (χ3v) is 8.14. The predicted octanol–water partition coefficient (Wildman–Crippen LogP) is 5.77. The minimum atomic E-state index is 0.237. The van der Waals surface area contributed by atoms with Gasteiger partial charge in [0.25, 0.3) is 0 Å². The maximum absolute atomic E-state index is 10.1. The van der Waals surface area contributed by atoms with Crippen molar-refractivity contribution in [1.29, 1.82) is 0 Å². The Hall–Kier alpha value is -2.00. The summed E-state index contributed by atoms with van der Waals surface area (Å²) in [4.78, 5) is 0. The molecule has 0 amide bonds. The monoisotopic (exact) mass is 407 g/mol. The molecule has 0 heterocycles. The first-order valence-corrected chi connectivity index (χ1v) is 11.6. The van der Waals surface area contributed by atoms with E-state index in [1.54, 1.807) is 13.2 Å². The van der Waals surface area contributed by atoms with Gasteiger partial charge in [-0.3, -0.25) is 0 Å². The van der Waals surface area contributed by atoms with Gasteiger partial charge < -0.3 is 15.2 Å². The van der Waals surface area contributed by atoms with Crippen molar-refractivity contribution in [2.24, 2.45) is 23.2 Å². The molecule has 5 atom stereocenters. The van der Waals surface area contributed by atoms with Gasteiger partial charge in [-0.25, -0.2) is 0 Å². The summed E-state index contributed by atoms with van der Waals surface area (Å²) in [7, 11) is 1.75. The minimum absolute atomic E-state index is 0.237. The lowest BCUT2D eigenvalue weighted by Crippen LogP contribution is -2.43. The number of fused-ring (bicyclic) bond motifs is 2. The van der Waals surface area contributed by atoms with Crippen molar-refractivity contribution in [2.45, 2.75) is 57.9 Å². The number of rotatable bonds is 9. The Bertz CT molecular complexity index is 841. The van der Waals surface area contributed by atoms with E-state index in [9.17, 15) is 5.11 Å². The molecule has 0 radical (unpaired) electrons. The van der Waals surface area contributed by atoms with Gasteiger partial charge in [0.1, 0.15) is 11.5 Å². The molecule has 3 nitrogen and oxygen atoms in total. The average Bonchev–Trinajstić information content (AvgIpc) is 3.36. The van der Waals surface area contributed by atoms with E-state index in [1.165, 1.54) is 55.7 Å². The third-order valence-electron chi connectivity index (χ3n) is 8.14. The van der Waals surface area contributed by atoms with Gasteiger partial charge in [0.2, 0.25) is 0 Å².